The zero-order valence-corrected chi connectivity index (χ0v) is 12.1. The topological polar surface area (TPSA) is 41.5 Å². The Bertz CT molecular complexity index is 386. The third kappa shape index (κ3) is 3.91. The van der Waals surface area contributed by atoms with E-state index >= 15 is 0 Å². The number of benzene rings is 1. The van der Waals surface area contributed by atoms with Crippen molar-refractivity contribution < 1.29 is 9.84 Å². The van der Waals surface area contributed by atoms with E-state index in [-0.39, 0.29) is 12.0 Å². The molecule has 102 valence electrons. The van der Waals surface area contributed by atoms with Gasteiger partial charge in [0.25, 0.3) is 0 Å². The van der Waals surface area contributed by atoms with Crippen molar-refractivity contribution in [3.8, 4) is 5.75 Å². The van der Waals surface area contributed by atoms with Gasteiger partial charge in [-0.1, -0.05) is 33.8 Å². The number of aliphatic hydroxyl groups is 1. The van der Waals surface area contributed by atoms with Crippen molar-refractivity contribution in [2.45, 2.75) is 33.6 Å². The average molecular weight is 251 g/mol. The summed E-state index contributed by atoms with van der Waals surface area (Å²) in [5, 5.41) is 12.6. The lowest BCUT2D eigenvalue weighted by atomic mass is 9.94. The van der Waals surface area contributed by atoms with Gasteiger partial charge in [-0.05, 0) is 23.6 Å². The maximum absolute atomic E-state index is 9.24. The molecule has 1 aromatic carbocycles. The third-order valence-corrected chi connectivity index (χ3v) is 3.08. The van der Waals surface area contributed by atoms with Crippen LogP contribution in [0.15, 0.2) is 18.2 Å². The van der Waals surface area contributed by atoms with E-state index in [0.717, 1.165) is 11.4 Å². The number of hydrogen-bond acceptors (Lipinski definition) is 3. The van der Waals surface area contributed by atoms with Gasteiger partial charge in [0.2, 0.25) is 0 Å². The van der Waals surface area contributed by atoms with Gasteiger partial charge in [0.15, 0.2) is 0 Å². The lowest BCUT2D eigenvalue weighted by Crippen LogP contribution is -2.26. The number of nitrogens with one attached hydrogen (secondary N) is 1. The summed E-state index contributed by atoms with van der Waals surface area (Å²) in [5.74, 6) is 1.34. The molecule has 0 saturated carbocycles. The molecule has 0 aliphatic carbocycles. The molecule has 0 radical (unpaired) electrons. The number of rotatable bonds is 6. The molecule has 3 heteroatoms. The Morgan fingerprint density at radius 2 is 2.00 bits per heavy atom. The summed E-state index contributed by atoms with van der Waals surface area (Å²) < 4.78 is 5.41. The van der Waals surface area contributed by atoms with Gasteiger partial charge in [-0.25, -0.2) is 0 Å². The summed E-state index contributed by atoms with van der Waals surface area (Å²) >= 11 is 0. The van der Waals surface area contributed by atoms with Crippen LogP contribution in [0.2, 0.25) is 0 Å². The van der Waals surface area contributed by atoms with Gasteiger partial charge >= 0.3 is 0 Å². The van der Waals surface area contributed by atoms with Crippen LogP contribution in [0.25, 0.3) is 0 Å². The minimum atomic E-state index is -0.137. The lowest BCUT2D eigenvalue weighted by molar-refractivity contribution is 0.170. The summed E-state index contributed by atoms with van der Waals surface area (Å²) in [5.41, 5.74) is 2.10. The van der Waals surface area contributed by atoms with Gasteiger partial charge in [-0.15, -0.1) is 0 Å². The summed E-state index contributed by atoms with van der Waals surface area (Å²) in [6.07, 6.45) is 0. The number of methoxy groups -OCH3 is 1. The molecule has 0 atom stereocenters. The first-order chi connectivity index (χ1) is 8.39. The summed E-state index contributed by atoms with van der Waals surface area (Å²) in [4.78, 5) is 0. The fraction of sp³-hybridized carbons (Fsp3) is 0.600. The Morgan fingerprint density at radius 1 is 1.33 bits per heavy atom. The number of aliphatic hydroxyl groups excluding tert-OH is 1. The maximum atomic E-state index is 9.24. The van der Waals surface area contributed by atoms with Gasteiger partial charge in [-0.2, -0.15) is 0 Å². The summed E-state index contributed by atoms with van der Waals surface area (Å²) in [6, 6.07) is 6.22. The van der Waals surface area contributed by atoms with Gasteiger partial charge in [0.05, 0.1) is 12.8 Å². The van der Waals surface area contributed by atoms with Gasteiger partial charge < -0.3 is 15.2 Å². The first-order valence-electron chi connectivity index (χ1n) is 6.42. The predicted octanol–water partition coefficient (Wildman–Crippen LogP) is 3.25. The van der Waals surface area contributed by atoms with E-state index in [9.17, 15) is 5.11 Å². The molecule has 0 aliphatic heterocycles. The standard InChI is InChI=1S/C15H25NO2/c1-11(2)12-6-7-13(14(8-12)18-5)16-9-15(3,4)10-17/h6-8,11,16-17H,9-10H2,1-5H3. The summed E-state index contributed by atoms with van der Waals surface area (Å²) in [6.45, 7) is 9.24. The fourth-order valence-corrected chi connectivity index (χ4v) is 1.60. The van der Waals surface area contributed by atoms with Crippen LogP contribution in [0.5, 0.6) is 5.75 Å². The van der Waals surface area contributed by atoms with Crippen LogP contribution in [0, 0.1) is 5.41 Å². The minimum Gasteiger partial charge on any atom is -0.495 e. The Kier molecular flexibility index (Phi) is 5.03. The number of anilines is 1. The van der Waals surface area contributed by atoms with Crippen molar-refractivity contribution in [1.82, 2.24) is 0 Å². The van der Waals surface area contributed by atoms with E-state index in [1.165, 1.54) is 5.56 Å². The molecule has 2 N–H and O–H groups in total. The van der Waals surface area contributed by atoms with Crippen LogP contribution in [0.4, 0.5) is 5.69 Å². The molecule has 18 heavy (non-hydrogen) atoms. The highest BCUT2D eigenvalue weighted by Gasteiger charge is 2.17. The first-order valence-corrected chi connectivity index (χ1v) is 6.42. The van der Waals surface area contributed by atoms with Gasteiger partial charge in [0.1, 0.15) is 5.75 Å². The second-order valence-corrected chi connectivity index (χ2v) is 5.79. The molecule has 1 rings (SSSR count). The molecule has 0 heterocycles. The molecule has 0 saturated heterocycles. The monoisotopic (exact) mass is 251 g/mol. The van der Waals surface area contributed by atoms with Crippen molar-refractivity contribution >= 4 is 5.69 Å². The Labute approximate surface area is 110 Å². The zero-order valence-electron chi connectivity index (χ0n) is 12.1. The second kappa shape index (κ2) is 6.10. The van der Waals surface area contributed by atoms with Crippen molar-refractivity contribution in [2.24, 2.45) is 5.41 Å². The van der Waals surface area contributed by atoms with Crippen LogP contribution in [0.3, 0.4) is 0 Å². The molecule has 0 unspecified atom stereocenters. The van der Waals surface area contributed by atoms with Gasteiger partial charge in [0, 0.05) is 18.6 Å². The largest absolute Gasteiger partial charge is 0.495 e. The van der Waals surface area contributed by atoms with E-state index in [2.05, 4.69) is 31.3 Å². The molecule has 0 aromatic heterocycles. The lowest BCUT2D eigenvalue weighted by Gasteiger charge is -2.23. The molecule has 0 bridgehead atoms. The highest BCUT2D eigenvalue weighted by Crippen LogP contribution is 2.29. The van der Waals surface area contributed by atoms with Gasteiger partial charge in [-0.3, -0.25) is 0 Å². The molecule has 3 nitrogen and oxygen atoms in total. The third-order valence-electron chi connectivity index (χ3n) is 3.08. The first kappa shape index (κ1) is 14.8. The van der Waals surface area contributed by atoms with Crippen molar-refractivity contribution in [3.63, 3.8) is 0 Å². The van der Waals surface area contributed by atoms with Crippen molar-refractivity contribution in [2.75, 3.05) is 25.6 Å². The predicted molar refractivity (Wildman–Crippen MR) is 76.4 cm³/mol. The smallest absolute Gasteiger partial charge is 0.142 e. The van der Waals surface area contributed by atoms with Crippen LogP contribution in [-0.4, -0.2) is 25.4 Å². The van der Waals surface area contributed by atoms with Crippen molar-refractivity contribution in [3.05, 3.63) is 23.8 Å². The molecule has 0 amide bonds. The Morgan fingerprint density at radius 3 is 2.50 bits per heavy atom. The molecule has 0 spiro atoms. The maximum Gasteiger partial charge on any atom is 0.142 e. The highest BCUT2D eigenvalue weighted by atomic mass is 16.5. The molecule has 0 aliphatic rings. The molecular formula is C15H25NO2. The fourth-order valence-electron chi connectivity index (χ4n) is 1.60. The highest BCUT2D eigenvalue weighted by molar-refractivity contribution is 5.58. The van der Waals surface area contributed by atoms with Crippen LogP contribution < -0.4 is 10.1 Å². The summed E-state index contributed by atoms with van der Waals surface area (Å²) in [7, 11) is 1.68. The molecule has 0 fully saturated rings. The van der Waals surface area contributed by atoms with E-state index in [1.807, 2.05) is 19.9 Å². The van der Waals surface area contributed by atoms with E-state index in [0.29, 0.717) is 12.5 Å². The Hall–Kier alpha value is -1.22. The van der Waals surface area contributed by atoms with Crippen LogP contribution in [-0.2, 0) is 0 Å². The normalized spacial score (nSPS) is 11.7. The van der Waals surface area contributed by atoms with E-state index in [4.69, 9.17) is 4.74 Å². The number of ether oxygens (including phenoxy) is 1. The quantitative estimate of drug-likeness (QED) is 0.815. The zero-order chi connectivity index (χ0) is 13.8. The molecular weight excluding hydrogens is 226 g/mol. The van der Waals surface area contributed by atoms with E-state index < -0.39 is 0 Å². The Balaban J connectivity index is 2.83. The van der Waals surface area contributed by atoms with Crippen LogP contribution >= 0.6 is 0 Å². The number of hydrogen-bond donors (Lipinski definition) is 2. The van der Waals surface area contributed by atoms with E-state index in [1.54, 1.807) is 7.11 Å². The second-order valence-electron chi connectivity index (χ2n) is 5.79. The minimum absolute atomic E-state index is 0.137. The molecule has 1 aromatic rings. The average Bonchev–Trinajstić information content (AvgIpc) is 2.36. The SMILES string of the molecule is COc1cc(C(C)C)ccc1NCC(C)(C)CO. The van der Waals surface area contributed by atoms with Crippen molar-refractivity contribution in [1.29, 1.82) is 0 Å². The van der Waals surface area contributed by atoms with Crippen LogP contribution in [0.1, 0.15) is 39.2 Å².